The van der Waals surface area contributed by atoms with Gasteiger partial charge < -0.3 is 10.1 Å². The number of rotatable bonds is 4. The normalized spacial score (nSPS) is 19.6. The van der Waals surface area contributed by atoms with Gasteiger partial charge in [-0.3, -0.25) is 4.68 Å². The molecule has 1 aliphatic heterocycles. The monoisotopic (exact) mass is 271 g/mol. The summed E-state index contributed by atoms with van der Waals surface area (Å²) in [6.45, 7) is 0.806. The molecule has 0 radical (unpaired) electrons. The van der Waals surface area contributed by atoms with Crippen molar-refractivity contribution in [1.29, 1.82) is 0 Å². The van der Waals surface area contributed by atoms with Crippen molar-refractivity contribution in [2.75, 3.05) is 13.7 Å². The first kappa shape index (κ1) is 13.3. The summed E-state index contributed by atoms with van der Waals surface area (Å²) in [7, 11) is 3.93. The molecule has 0 saturated carbocycles. The van der Waals surface area contributed by atoms with Crippen LogP contribution in [0.25, 0.3) is 0 Å². The van der Waals surface area contributed by atoms with Gasteiger partial charge in [-0.2, -0.15) is 5.10 Å². The molecule has 0 fully saturated rings. The van der Waals surface area contributed by atoms with Gasteiger partial charge in [0.05, 0.1) is 24.4 Å². The molecule has 4 heteroatoms. The van der Waals surface area contributed by atoms with Gasteiger partial charge in [-0.1, -0.05) is 24.3 Å². The molecule has 0 saturated heterocycles. The summed E-state index contributed by atoms with van der Waals surface area (Å²) < 4.78 is 7.83. The molecule has 2 atom stereocenters. The minimum atomic E-state index is 0.152. The Morgan fingerprint density at radius 3 is 3.00 bits per heavy atom. The van der Waals surface area contributed by atoms with Crippen LogP contribution < -0.4 is 5.32 Å². The first-order valence-electron chi connectivity index (χ1n) is 7.14. The lowest BCUT2D eigenvalue weighted by molar-refractivity contribution is 0.0295. The van der Waals surface area contributed by atoms with Gasteiger partial charge in [-0.15, -0.1) is 0 Å². The molecule has 3 rings (SSSR count). The van der Waals surface area contributed by atoms with E-state index in [1.54, 1.807) is 0 Å². The SMILES string of the molecule is CNC(CC1OCCc2ccccc21)c1ccn(C)n1. The lowest BCUT2D eigenvalue weighted by atomic mass is 9.93. The first-order valence-corrected chi connectivity index (χ1v) is 7.14. The third-order valence-corrected chi connectivity index (χ3v) is 3.98. The summed E-state index contributed by atoms with van der Waals surface area (Å²) in [6.07, 6.45) is 4.06. The molecular formula is C16H21N3O. The summed E-state index contributed by atoms with van der Waals surface area (Å²) in [5.74, 6) is 0. The number of nitrogens with one attached hydrogen (secondary N) is 1. The van der Waals surface area contributed by atoms with E-state index in [2.05, 4.69) is 40.7 Å². The molecule has 0 bridgehead atoms. The van der Waals surface area contributed by atoms with Crippen LogP contribution in [0.2, 0.25) is 0 Å². The third kappa shape index (κ3) is 2.62. The number of hydrogen-bond donors (Lipinski definition) is 1. The number of fused-ring (bicyclic) bond motifs is 1. The van der Waals surface area contributed by atoms with E-state index in [9.17, 15) is 0 Å². The molecule has 106 valence electrons. The van der Waals surface area contributed by atoms with E-state index in [0.29, 0.717) is 0 Å². The summed E-state index contributed by atoms with van der Waals surface area (Å²) >= 11 is 0. The molecule has 2 aromatic rings. The Labute approximate surface area is 119 Å². The second kappa shape index (κ2) is 5.77. The van der Waals surface area contributed by atoms with Gasteiger partial charge in [0.15, 0.2) is 0 Å². The Morgan fingerprint density at radius 2 is 2.25 bits per heavy atom. The smallest absolute Gasteiger partial charge is 0.0846 e. The number of aromatic nitrogens is 2. The van der Waals surface area contributed by atoms with Crippen LogP contribution in [0.15, 0.2) is 36.5 Å². The van der Waals surface area contributed by atoms with Crippen molar-refractivity contribution in [3.8, 4) is 0 Å². The van der Waals surface area contributed by atoms with E-state index in [1.165, 1.54) is 11.1 Å². The average molecular weight is 271 g/mol. The van der Waals surface area contributed by atoms with Crippen molar-refractivity contribution in [2.45, 2.75) is 25.0 Å². The van der Waals surface area contributed by atoms with E-state index in [0.717, 1.165) is 25.1 Å². The third-order valence-electron chi connectivity index (χ3n) is 3.98. The average Bonchev–Trinajstić information content (AvgIpc) is 2.91. The predicted octanol–water partition coefficient (Wildman–Crippen LogP) is 2.38. The van der Waals surface area contributed by atoms with Crippen molar-refractivity contribution in [2.24, 2.45) is 7.05 Å². The van der Waals surface area contributed by atoms with E-state index < -0.39 is 0 Å². The highest BCUT2D eigenvalue weighted by Crippen LogP contribution is 2.33. The van der Waals surface area contributed by atoms with Gasteiger partial charge in [-0.25, -0.2) is 0 Å². The molecule has 4 nitrogen and oxygen atoms in total. The van der Waals surface area contributed by atoms with Crippen LogP contribution in [0.4, 0.5) is 0 Å². The van der Waals surface area contributed by atoms with Crippen molar-refractivity contribution >= 4 is 0 Å². The first-order chi connectivity index (χ1) is 9.78. The fourth-order valence-corrected chi connectivity index (χ4v) is 2.89. The Hall–Kier alpha value is -1.65. The predicted molar refractivity (Wildman–Crippen MR) is 78.5 cm³/mol. The van der Waals surface area contributed by atoms with E-state index >= 15 is 0 Å². The summed E-state index contributed by atoms with van der Waals surface area (Å²) in [6, 6.07) is 10.9. The Bertz CT molecular complexity index is 579. The van der Waals surface area contributed by atoms with Gasteiger partial charge >= 0.3 is 0 Å². The largest absolute Gasteiger partial charge is 0.373 e. The summed E-state index contributed by atoms with van der Waals surface area (Å²) in [5.41, 5.74) is 3.82. The number of hydrogen-bond acceptors (Lipinski definition) is 3. The molecule has 1 aromatic heterocycles. The number of nitrogens with zero attached hydrogens (tertiary/aromatic N) is 2. The second-order valence-corrected chi connectivity index (χ2v) is 5.30. The van der Waals surface area contributed by atoms with Crippen molar-refractivity contribution < 1.29 is 4.74 Å². The van der Waals surface area contributed by atoms with Gasteiger partial charge in [-0.05, 0) is 37.1 Å². The van der Waals surface area contributed by atoms with Gasteiger partial charge in [0, 0.05) is 13.2 Å². The highest BCUT2D eigenvalue weighted by Gasteiger charge is 2.25. The molecule has 1 N–H and O–H groups in total. The Kier molecular flexibility index (Phi) is 3.85. The zero-order chi connectivity index (χ0) is 13.9. The maximum Gasteiger partial charge on any atom is 0.0846 e. The van der Waals surface area contributed by atoms with Crippen LogP contribution in [0, 0.1) is 0 Å². The zero-order valence-corrected chi connectivity index (χ0v) is 12.0. The molecular weight excluding hydrogens is 250 g/mol. The van der Waals surface area contributed by atoms with E-state index in [1.807, 2.05) is 25.0 Å². The number of ether oxygens (including phenoxy) is 1. The second-order valence-electron chi connectivity index (χ2n) is 5.30. The Balaban J connectivity index is 1.80. The van der Waals surface area contributed by atoms with Crippen LogP contribution >= 0.6 is 0 Å². The van der Waals surface area contributed by atoms with E-state index in [4.69, 9.17) is 4.74 Å². The number of benzene rings is 1. The highest BCUT2D eigenvalue weighted by atomic mass is 16.5. The van der Waals surface area contributed by atoms with Crippen LogP contribution in [-0.2, 0) is 18.2 Å². The summed E-state index contributed by atoms with van der Waals surface area (Å²) in [5, 5.41) is 7.86. The van der Waals surface area contributed by atoms with Gasteiger partial charge in [0.1, 0.15) is 0 Å². The lowest BCUT2D eigenvalue weighted by Gasteiger charge is -2.28. The summed E-state index contributed by atoms with van der Waals surface area (Å²) in [4.78, 5) is 0. The van der Waals surface area contributed by atoms with Crippen molar-refractivity contribution in [3.05, 3.63) is 53.3 Å². The molecule has 1 aromatic carbocycles. The van der Waals surface area contributed by atoms with Gasteiger partial charge in [0.25, 0.3) is 0 Å². The molecule has 0 spiro atoms. The standard InChI is InChI=1S/C16H21N3O/c1-17-15(14-7-9-19(2)18-14)11-16-13-6-4-3-5-12(13)8-10-20-16/h3-7,9,15-17H,8,10-11H2,1-2H3. The molecule has 0 aliphatic carbocycles. The maximum atomic E-state index is 5.99. The van der Waals surface area contributed by atoms with Gasteiger partial charge in [0.2, 0.25) is 0 Å². The maximum absolute atomic E-state index is 5.99. The Morgan fingerprint density at radius 1 is 1.40 bits per heavy atom. The molecule has 20 heavy (non-hydrogen) atoms. The van der Waals surface area contributed by atoms with Crippen LogP contribution in [0.5, 0.6) is 0 Å². The van der Waals surface area contributed by atoms with Crippen LogP contribution in [0.3, 0.4) is 0 Å². The number of aryl methyl sites for hydroxylation is 1. The zero-order valence-electron chi connectivity index (χ0n) is 12.0. The van der Waals surface area contributed by atoms with Crippen LogP contribution in [-0.4, -0.2) is 23.4 Å². The molecule has 2 unspecified atom stereocenters. The minimum absolute atomic E-state index is 0.152. The fourth-order valence-electron chi connectivity index (χ4n) is 2.89. The van der Waals surface area contributed by atoms with E-state index in [-0.39, 0.29) is 12.1 Å². The minimum Gasteiger partial charge on any atom is -0.373 e. The quantitative estimate of drug-likeness (QED) is 0.928. The molecule has 2 heterocycles. The highest BCUT2D eigenvalue weighted by molar-refractivity contribution is 5.31. The fraction of sp³-hybridized carbons (Fsp3) is 0.438. The molecule has 0 amide bonds. The van der Waals surface area contributed by atoms with Crippen LogP contribution in [0.1, 0.15) is 35.4 Å². The van der Waals surface area contributed by atoms with Crippen molar-refractivity contribution in [1.82, 2.24) is 15.1 Å². The molecule has 1 aliphatic rings. The topological polar surface area (TPSA) is 39.1 Å². The van der Waals surface area contributed by atoms with Crippen molar-refractivity contribution in [3.63, 3.8) is 0 Å². The lowest BCUT2D eigenvalue weighted by Crippen LogP contribution is -2.24.